The molecule has 0 spiro atoms. The average Bonchev–Trinajstić information content (AvgIpc) is 2.32. The molecule has 0 atom stereocenters. The third-order valence-corrected chi connectivity index (χ3v) is 3.74. The van der Waals surface area contributed by atoms with Crippen LogP contribution in [0.25, 0.3) is 0 Å². The fourth-order valence-electron chi connectivity index (χ4n) is 2.12. The highest BCUT2D eigenvalue weighted by Crippen LogP contribution is 2.41. The minimum atomic E-state index is -0.0458. The molecule has 4 heteroatoms. The van der Waals surface area contributed by atoms with Gasteiger partial charge in [-0.15, -0.1) is 0 Å². The Hall–Kier alpha value is -1.38. The summed E-state index contributed by atoms with van der Waals surface area (Å²) in [6, 6.07) is 9.40. The van der Waals surface area contributed by atoms with Crippen molar-refractivity contribution in [2.45, 2.75) is 33.1 Å². The first-order chi connectivity index (χ1) is 9.68. The molecule has 0 radical (unpaired) electrons. The second kappa shape index (κ2) is 5.78. The standard InChI is InChI=1S/C17H19Cl2NO/c1-10-5-6-12(17(2,3)4)15(7-10)21-16-13(18)8-11(20)9-14(16)19/h5-9H,20H2,1-4H3. The lowest BCUT2D eigenvalue weighted by atomic mass is 9.86. The van der Waals surface area contributed by atoms with Crippen LogP contribution in [0.1, 0.15) is 31.9 Å². The van der Waals surface area contributed by atoms with Gasteiger partial charge in [0.2, 0.25) is 0 Å². The van der Waals surface area contributed by atoms with Gasteiger partial charge in [-0.1, -0.05) is 56.1 Å². The molecule has 0 aliphatic rings. The van der Waals surface area contributed by atoms with Crippen LogP contribution in [0.15, 0.2) is 30.3 Å². The van der Waals surface area contributed by atoms with Gasteiger partial charge in [-0.3, -0.25) is 0 Å². The SMILES string of the molecule is Cc1ccc(C(C)(C)C)c(Oc2c(Cl)cc(N)cc2Cl)c1. The summed E-state index contributed by atoms with van der Waals surface area (Å²) in [5.74, 6) is 1.19. The summed E-state index contributed by atoms with van der Waals surface area (Å²) in [7, 11) is 0. The highest BCUT2D eigenvalue weighted by Gasteiger charge is 2.21. The zero-order valence-corrected chi connectivity index (χ0v) is 14.1. The maximum atomic E-state index is 6.20. The largest absolute Gasteiger partial charge is 0.454 e. The minimum Gasteiger partial charge on any atom is -0.454 e. The molecule has 21 heavy (non-hydrogen) atoms. The van der Waals surface area contributed by atoms with E-state index in [1.165, 1.54) is 0 Å². The molecule has 0 heterocycles. The number of ether oxygens (including phenoxy) is 1. The summed E-state index contributed by atoms with van der Waals surface area (Å²) in [6.07, 6.45) is 0. The molecule has 0 saturated carbocycles. The third-order valence-electron chi connectivity index (χ3n) is 3.18. The van der Waals surface area contributed by atoms with Crippen LogP contribution >= 0.6 is 23.2 Å². The molecule has 0 saturated heterocycles. The summed E-state index contributed by atoms with van der Waals surface area (Å²) >= 11 is 12.4. The fourth-order valence-corrected chi connectivity index (χ4v) is 2.70. The number of hydrogen-bond acceptors (Lipinski definition) is 2. The second-order valence-corrected chi connectivity index (χ2v) is 6.98. The van der Waals surface area contributed by atoms with E-state index in [1.54, 1.807) is 12.1 Å². The molecule has 0 aliphatic carbocycles. The summed E-state index contributed by atoms with van der Waals surface area (Å²) < 4.78 is 6.01. The van der Waals surface area contributed by atoms with Gasteiger partial charge in [0, 0.05) is 11.3 Å². The number of halogens is 2. The van der Waals surface area contributed by atoms with Crippen LogP contribution in [0.5, 0.6) is 11.5 Å². The van der Waals surface area contributed by atoms with Gasteiger partial charge in [0.25, 0.3) is 0 Å². The first-order valence-corrected chi connectivity index (χ1v) is 7.47. The smallest absolute Gasteiger partial charge is 0.164 e. The Bertz CT molecular complexity index is 652. The minimum absolute atomic E-state index is 0.0458. The quantitative estimate of drug-likeness (QED) is 0.690. The summed E-state index contributed by atoms with van der Waals surface area (Å²) in [6.45, 7) is 8.43. The fraction of sp³-hybridized carbons (Fsp3) is 0.294. The molecule has 0 bridgehead atoms. The van der Waals surface area contributed by atoms with E-state index in [-0.39, 0.29) is 5.41 Å². The van der Waals surface area contributed by atoms with Crippen molar-refractivity contribution in [3.63, 3.8) is 0 Å². The van der Waals surface area contributed by atoms with Crippen molar-refractivity contribution in [1.82, 2.24) is 0 Å². The predicted molar refractivity (Wildman–Crippen MR) is 90.8 cm³/mol. The average molecular weight is 324 g/mol. The van der Waals surface area contributed by atoms with Crippen LogP contribution in [0, 0.1) is 6.92 Å². The number of hydrogen-bond donors (Lipinski definition) is 1. The molecule has 0 amide bonds. The van der Waals surface area contributed by atoms with Gasteiger partial charge in [0.1, 0.15) is 5.75 Å². The number of nitrogen functional groups attached to an aromatic ring is 1. The van der Waals surface area contributed by atoms with Crippen molar-refractivity contribution >= 4 is 28.9 Å². The molecule has 2 aromatic carbocycles. The molecule has 2 rings (SSSR count). The van der Waals surface area contributed by atoms with Crippen LogP contribution in [0.2, 0.25) is 10.0 Å². The van der Waals surface area contributed by atoms with E-state index < -0.39 is 0 Å². The first kappa shape index (κ1) is 16.0. The molecule has 0 unspecified atom stereocenters. The molecular weight excluding hydrogens is 305 g/mol. The Labute approximate surface area is 135 Å². The lowest BCUT2D eigenvalue weighted by Gasteiger charge is -2.23. The Kier molecular flexibility index (Phi) is 4.40. The molecule has 2 nitrogen and oxygen atoms in total. The first-order valence-electron chi connectivity index (χ1n) is 6.72. The van der Waals surface area contributed by atoms with E-state index in [0.29, 0.717) is 21.5 Å². The van der Waals surface area contributed by atoms with Gasteiger partial charge >= 0.3 is 0 Å². The van der Waals surface area contributed by atoms with E-state index in [9.17, 15) is 0 Å². The summed E-state index contributed by atoms with van der Waals surface area (Å²) in [5, 5.41) is 0.808. The van der Waals surface area contributed by atoms with Crippen molar-refractivity contribution in [3.8, 4) is 11.5 Å². The Morgan fingerprint density at radius 3 is 2.10 bits per heavy atom. The predicted octanol–water partition coefficient (Wildman–Crippen LogP) is 5.97. The normalized spacial score (nSPS) is 11.5. The van der Waals surface area contributed by atoms with Gasteiger partial charge in [0.05, 0.1) is 10.0 Å². The van der Waals surface area contributed by atoms with Crippen molar-refractivity contribution in [2.24, 2.45) is 0 Å². The van der Waals surface area contributed by atoms with Crippen molar-refractivity contribution in [2.75, 3.05) is 5.73 Å². The monoisotopic (exact) mass is 323 g/mol. The summed E-state index contributed by atoms with van der Waals surface area (Å²) in [4.78, 5) is 0. The highest BCUT2D eigenvalue weighted by atomic mass is 35.5. The molecule has 2 N–H and O–H groups in total. The molecule has 112 valence electrons. The zero-order chi connectivity index (χ0) is 15.8. The van der Waals surface area contributed by atoms with Crippen molar-refractivity contribution in [1.29, 1.82) is 0 Å². The number of anilines is 1. The highest BCUT2D eigenvalue weighted by molar-refractivity contribution is 6.37. The van der Waals surface area contributed by atoms with E-state index in [0.717, 1.165) is 16.9 Å². The van der Waals surface area contributed by atoms with E-state index in [2.05, 4.69) is 32.9 Å². The van der Waals surface area contributed by atoms with Crippen LogP contribution in [0.4, 0.5) is 5.69 Å². The van der Waals surface area contributed by atoms with Crippen LogP contribution in [0.3, 0.4) is 0 Å². The Morgan fingerprint density at radius 2 is 1.57 bits per heavy atom. The number of benzene rings is 2. The topological polar surface area (TPSA) is 35.2 Å². The molecular formula is C17H19Cl2NO. The Balaban J connectivity index is 2.52. The lowest BCUT2D eigenvalue weighted by Crippen LogP contribution is -2.12. The van der Waals surface area contributed by atoms with Crippen LogP contribution in [-0.4, -0.2) is 0 Å². The number of rotatable bonds is 2. The zero-order valence-electron chi connectivity index (χ0n) is 12.6. The molecule has 2 aromatic rings. The van der Waals surface area contributed by atoms with E-state index in [1.807, 2.05) is 13.0 Å². The van der Waals surface area contributed by atoms with Gasteiger partial charge in [-0.2, -0.15) is 0 Å². The van der Waals surface area contributed by atoms with Gasteiger partial charge in [-0.05, 0) is 36.1 Å². The number of nitrogens with two attached hydrogens (primary N) is 1. The van der Waals surface area contributed by atoms with E-state index >= 15 is 0 Å². The van der Waals surface area contributed by atoms with E-state index in [4.69, 9.17) is 33.7 Å². The maximum absolute atomic E-state index is 6.20. The molecule has 0 aliphatic heterocycles. The second-order valence-electron chi connectivity index (χ2n) is 6.17. The van der Waals surface area contributed by atoms with Crippen molar-refractivity contribution in [3.05, 3.63) is 51.5 Å². The third kappa shape index (κ3) is 3.63. The van der Waals surface area contributed by atoms with Gasteiger partial charge < -0.3 is 10.5 Å². The molecule has 0 fully saturated rings. The molecule has 0 aromatic heterocycles. The van der Waals surface area contributed by atoms with Gasteiger partial charge in [0.15, 0.2) is 5.75 Å². The summed E-state index contributed by atoms with van der Waals surface area (Å²) in [5.41, 5.74) is 8.39. The van der Waals surface area contributed by atoms with Gasteiger partial charge in [-0.25, -0.2) is 0 Å². The Morgan fingerprint density at radius 1 is 1.00 bits per heavy atom. The lowest BCUT2D eigenvalue weighted by molar-refractivity contribution is 0.455. The van der Waals surface area contributed by atoms with Crippen molar-refractivity contribution < 1.29 is 4.74 Å². The van der Waals surface area contributed by atoms with Crippen LogP contribution < -0.4 is 10.5 Å². The maximum Gasteiger partial charge on any atom is 0.164 e. The number of aryl methyl sites for hydroxylation is 1. The van der Waals surface area contributed by atoms with Crippen LogP contribution in [-0.2, 0) is 5.41 Å².